The van der Waals surface area contributed by atoms with Gasteiger partial charge in [-0.2, -0.15) is 4.31 Å². The van der Waals surface area contributed by atoms with Crippen LogP contribution in [0, 0.1) is 0 Å². The molecule has 0 spiro atoms. The van der Waals surface area contributed by atoms with Crippen LogP contribution in [0.1, 0.15) is 42.3 Å². The highest BCUT2D eigenvalue weighted by molar-refractivity contribution is 7.88. The average Bonchev–Trinajstić information content (AvgIpc) is 2.43. The molecule has 138 valence electrons. The number of carbonyl (C=O) groups is 2. The zero-order chi connectivity index (χ0) is 19.0. The van der Waals surface area contributed by atoms with Gasteiger partial charge in [0.2, 0.25) is 10.0 Å². The molecule has 2 N–H and O–H groups in total. The maximum atomic E-state index is 12.1. The summed E-state index contributed by atoms with van der Waals surface area (Å²) in [6.45, 7) is 5.47. The SMILES string of the molecule is CC(C)(C)OC(=O)Nc1c(C(=O)O)ccc2c1CCN(S(C)(=O)=O)C2. The molecule has 0 saturated heterocycles. The van der Waals surface area contributed by atoms with Crippen LogP contribution in [0.2, 0.25) is 0 Å². The van der Waals surface area contributed by atoms with Gasteiger partial charge in [-0.25, -0.2) is 18.0 Å². The molecule has 0 bridgehead atoms. The molecule has 0 fully saturated rings. The Hall–Kier alpha value is -2.13. The number of nitrogens with one attached hydrogen (secondary N) is 1. The number of amides is 1. The molecule has 0 radical (unpaired) electrons. The van der Waals surface area contributed by atoms with E-state index < -0.39 is 27.7 Å². The predicted octanol–water partition coefficient (Wildman–Crippen LogP) is 2.05. The van der Waals surface area contributed by atoms with Crippen molar-refractivity contribution in [3.8, 4) is 0 Å². The van der Waals surface area contributed by atoms with Crippen LogP contribution in [-0.4, -0.2) is 48.3 Å². The van der Waals surface area contributed by atoms with Gasteiger partial charge in [0.25, 0.3) is 0 Å². The molecule has 0 unspecified atom stereocenters. The molecule has 8 nitrogen and oxygen atoms in total. The highest BCUT2D eigenvalue weighted by Crippen LogP contribution is 2.31. The second-order valence-corrected chi connectivity index (χ2v) is 8.89. The zero-order valence-electron chi connectivity index (χ0n) is 14.6. The molecule has 0 saturated carbocycles. The summed E-state index contributed by atoms with van der Waals surface area (Å²) in [4.78, 5) is 23.6. The molecule has 1 aromatic carbocycles. The summed E-state index contributed by atoms with van der Waals surface area (Å²) in [5.41, 5.74) is 0.651. The van der Waals surface area contributed by atoms with Gasteiger partial charge in [-0.3, -0.25) is 5.32 Å². The fraction of sp³-hybridized carbons (Fsp3) is 0.500. The standard InChI is InChI=1S/C16H22N2O6S/c1-16(2,3)24-15(21)17-13-11-7-8-18(25(4,22)23)9-10(11)5-6-12(13)14(19)20/h5-6H,7-9H2,1-4H3,(H,17,21)(H,19,20). The molecule has 2 rings (SSSR count). The van der Waals surface area contributed by atoms with Gasteiger partial charge < -0.3 is 9.84 Å². The van der Waals surface area contributed by atoms with Crippen molar-refractivity contribution in [3.63, 3.8) is 0 Å². The Morgan fingerprint density at radius 3 is 2.44 bits per heavy atom. The number of aromatic carboxylic acids is 1. The Labute approximate surface area is 146 Å². The van der Waals surface area contributed by atoms with E-state index in [2.05, 4.69) is 5.32 Å². The molecule has 1 aliphatic heterocycles. The van der Waals surface area contributed by atoms with E-state index in [1.54, 1.807) is 26.8 Å². The second kappa shape index (κ2) is 6.64. The van der Waals surface area contributed by atoms with Crippen LogP contribution in [0.4, 0.5) is 10.5 Å². The van der Waals surface area contributed by atoms with Gasteiger partial charge in [-0.1, -0.05) is 6.07 Å². The summed E-state index contributed by atoms with van der Waals surface area (Å²) < 4.78 is 30.0. The van der Waals surface area contributed by atoms with Crippen LogP contribution >= 0.6 is 0 Å². The number of ether oxygens (including phenoxy) is 1. The molecule has 0 aliphatic carbocycles. The van der Waals surface area contributed by atoms with Crippen molar-refractivity contribution in [2.24, 2.45) is 0 Å². The van der Waals surface area contributed by atoms with Crippen LogP contribution in [0.3, 0.4) is 0 Å². The van der Waals surface area contributed by atoms with Crippen LogP contribution in [0.5, 0.6) is 0 Å². The topological polar surface area (TPSA) is 113 Å². The first kappa shape index (κ1) is 19.2. The molecular weight excluding hydrogens is 348 g/mol. The average molecular weight is 370 g/mol. The summed E-state index contributed by atoms with van der Waals surface area (Å²) in [5, 5.41) is 11.9. The first-order valence-electron chi connectivity index (χ1n) is 7.71. The highest BCUT2D eigenvalue weighted by atomic mass is 32.2. The predicted molar refractivity (Wildman–Crippen MR) is 92.2 cm³/mol. The van der Waals surface area contributed by atoms with Gasteiger partial charge in [-0.15, -0.1) is 0 Å². The van der Waals surface area contributed by atoms with Crippen molar-refractivity contribution in [1.29, 1.82) is 0 Å². The molecule has 0 aromatic heterocycles. The zero-order valence-corrected chi connectivity index (χ0v) is 15.4. The Kier molecular flexibility index (Phi) is 5.10. The number of rotatable bonds is 3. The van der Waals surface area contributed by atoms with E-state index in [-0.39, 0.29) is 24.3 Å². The van der Waals surface area contributed by atoms with E-state index in [1.807, 2.05) is 0 Å². The minimum atomic E-state index is -3.35. The van der Waals surface area contributed by atoms with E-state index in [0.29, 0.717) is 17.5 Å². The number of anilines is 1. The number of nitrogens with zero attached hydrogens (tertiary/aromatic N) is 1. The normalized spacial score (nSPS) is 15.4. The summed E-state index contributed by atoms with van der Waals surface area (Å²) in [6, 6.07) is 2.94. The van der Waals surface area contributed by atoms with E-state index in [4.69, 9.17) is 4.74 Å². The Balaban J connectivity index is 2.41. The third-order valence-corrected chi connectivity index (χ3v) is 4.94. The quantitative estimate of drug-likeness (QED) is 0.842. The van der Waals surface area contributed by atoms with Gasteiger partial charge in [0.05, 0.1) is 17.5 Å². The lowest BCUT2D eigenvalue weighted by Gasteiger charge is -2.29. The fourth-order valence-corrected chi connectivity index (χ4v) is 3.44. The number of benzene rings is 1. The number of carbonyl (C=O) groups excluding carboxylic acids is 1. The molecule has 1 aliphatic rings. The van der Waals surface area contributed by atoms with Crippen LogP contribution in [0.25, 0.3) is 0 Å². The van der Waals surface area contributed by atoms with Gasteiger partial charge in [0.1, 0.15) is 5.60 Å². The smallest absolute Gasteiger partial charge is 0.412 e. The molecule has 1 amide bonds. The largest absolute Gasteiger partial charge is 0.478 e. The molecule has 25 heavy (non-hydrogen) atoms. The number of sulfonamides is 1. The van der Waals surface area contributed by atoms with Crippen molar-refractivity contribution in [2.75, 3.05) is 18.1 Å². The first-order valence-corrected chi connectivity index (χ1v) is 9.56. The Morgan fingerprint density at radius 2 is 1.92 bits per heavy atom. The molecule has 9 heteroatoms. The van der Waals surface area contributed by atoms with Crippen LogP contribution < -0.4 is 5.32 Å². The lowest BCUT2D eigenvalue weighted by atomic mass is 9.95. The van der Waals surface area contributed by atoms with Gasteiger partial charge in [0.15, 0.2) is 0 Å². The van der Waals surface area contributed by atoms with Crippen molar-refractivity contribution in [3.05, 3.63) is 28.8 Å². The highest BCUT2D eigenvalue weighted by Gasteiger charge is 2.28. The third-order valence-electron chi connectivity index (χ3n) is 3.69. The number of fused-ring (bicyclic) bond motifs is 1. The summed E-state index contributed by atoms with van der Waals surface area (Å²) >= 11 is 0. The summed E-state index contributed by atoms with van der Waals surface area (Å²) in [7, 11) is -3.35. The molecule has 1 aromatic rings. The second-order valence-electron chi connectivity index (χ2n) is 6.90. The molecular formula is C16H22N2O6S. The van der Waals surface area contributed by atoms with E-state index in [0.717, 1.165) is 6.26 Å². The van der Waals surface area contributed by atoms with Crippen LogP contribution in [0.15, 0.2) is 12.1 Å². The first-order chi connectivity index (χ1) is 11.4. The van der Waals surface area contributed by atoms with E-state index in [9.17, 15) is 23.1 Å². The fourth-order valence-electron chi connectivity index (χ4n) is 2.64. The van der Waals surface area contributed by atoms with Crippen molar-refractivity contribution in [1.82, 2.24) is 4.31 Å². The maximum absolute atomic E-state index is 12.1. The molecule has 0 atom stereocenters. The van der Waals surface area contributed by atoms with Crippen molar-refractivity contribution >= 4 is 27.8 Å². The van der Waals surface area contributed by atoms with Gasteiger partial charge >= 0.3 is 12.1 Å². The van der Waals surface area contributed by atoms with Crippen molar-refractivity contribution < 1.29 is 27.9 Å². The van der Waals surface area contributed by atoms with Crippen molar-refractivity contribution in [2.45, 2.75) is 39.3 Å². The number of carboxylic acids is 1. The minimum absolute atomic E-state index is 0.0579. The maximum Gasteiger partial charge on any atom is 0.412 e. The third kappa shape index (κ3) is 4.70. The van der Waals surface area contributed by atoms with Crippen LogP contribution in [-0.2, 0) is 27.7 Å². The lowest BCUT2D eigenvalue weighted by molar-refractivity contribution is 0.0635. The molecule has 1 heterocycles. The van der Waals surface area contributed by atoms with E-state index in [1.165, 1.54) is 10.4 Å². The number of hydrogen-bond donors (Lipinski definition) is 2. The Morgan fingerprint density at radius 1 is 1.28 bits per heavy atom. The number of carboxylic acid groups (broad SMARTS) is 1. The Bertz CT molecular complexity index is 811. The summed E-state index contributed by atoms with van der Waals surface area (Å²) in [6.07, 6.45) is 0.673. The monoisotopic (exact) mass is 370 g/mol. The van der Waals surface area contributed by atoms with E-state index >= 15 is 0 Å². The number of hydrogen-bond acceptors (Lipinski definition) is 5. The summed E-state index contributed by atoms with van der Waals surface area (Å²) in [5.74, 6) is -1.18. The minimum Gasteiger partial charge on any atom is -0.478 e. The van der Waals surface area contributed by atoms with Gasteiger partial charge in [-0.05, 0) is 44.4 Å². The van der Waals surface area contributed by atoms with Gasteiger partial charge in [0, 0.05) is 13.1 Å². The lowest BCUT2D eigenvalue weighted by Crippen LogP contribution is -2.36.